The molecule has 0 unspecified atom stereocenters. The minimum absolute atomic E-state index is 0.240. The molecule has 3 N–H and O–H groups in total. The first kappa shape index (κ1) is 9.80. The SMILES string of the molecule is CNCCOc1ccc(N)cc1F. The highest BCUT2D eigenvalue weighted by Gasteiger charge is 2.02. The van der Waals surface area contributed by atoms with E-state index in [9.17, 15) is 4.39 Å². The Morgan fingerprint density at radius 2 is 2.31 bits per heavy atom. The summed E-state index contributed by atoms with van der Waals surface area (Å²) in [5.41, 5.74) is 5.78. The summed E-state index contributed by atoms with van der Waals surface area (Å²) in [6.07, 6.45) is 0. The van der Waals surface area contributed by atoms with Gasteiger partial charge in [-0.2, -0.15) is 0 Å². The van der Waals surface area contributed by atoms with Gasteiger partial charge in [-0.3, -0.25) is 0 Å². The molecule has 0 saturated heterocycles. The Hall–Kier alpha value is -1.29. The lowest BCUT2D eigenvalue weighted by molar-refractivity contribution is 0.302. The zero-order valence-corrected chi connectivity index (χ0v) is 7.51. The summed E-state index contributed by atoms with van der Waals surface area (Å²) < 4.78 is 18.2. The smallest absolute Gasteiger partial charge is 0.167 e. The lowest BCUT2D eigenvalue weighted by atomic mass is 10.3. The van der Waals surface area contributed by atoms with Gasteiger partial charge in [-0.25, -0.2) is 4.39 Å². The molecular weight excluding hydrogens is 171 g/mol. The molecule has 72 valence electrons. The molecule has 0 aromatic heterocycles. The third kappa shape index (κ3) is 2.91. The number of likely N-dealkylation sites (N-methyl/N-ethyl adjacent to an activating group) is 1. The van der Waals surface area contributed by atoms with E-state index in [1.54, 1.807) is 6.07 Å². The Balaban J connectivity index is 2.56. The number of ether oxygens (including phenoxy) is 1. The Morgan fingerprint density at radius 3 is 2.92 bits per heavy atom. The van der Waals surface area contributed by atoms with E-state index in [0.29, 0.717) is 18.8 Å². The molecule has 0 aliphatic heterocycles. The second-order valence-corrected chi connectivity index (χ2v) is 2.64. The number of nitrogens with two attached hydrogens (primary N) is 1. The fourth-order valence-corrected chi connectivity index (χ4v) is 0.897. The highest BCUT2D eigenvalue weighted by molar-refractivity contribution is 5.42. The van der Waals surface area contributed by atoms with E-state index in [0.717, 1.165) is 0 Å². The van der Waals surface area contributed by atoms with Gasteiger partial charge in [-0.1, -0.05) is 0 Å². The van der Waals surface area contributed by atoms with E-state index < -0.39 is 5.82 Å². The molecule has 1 aromatic rings. The molecule has 0 heterocycles. The van der Waals surface area contributed by atoms with E-state index in [4.69, 9.17) is 10.5 Å². The monoisotopic (exact) mass is 184 g/mol. The summed E-state index contributed by atoms with van der Waals surface area (Å²) in [7, 11) is 1.81. The van der Waals surface area contributed by atoms with Crippen molar-refractivity contribution in [2.45, 2.75) is 0 Å². The van der Waals surface area contributed by atoms with Crippen molar-refractivity contribution in [2.75, 3.05) is 25.9 Å². The maximum absolute atomic E-state index is 13.1. The van der Waals surface area contributed by atoms with Gasteiger partial charge in [0.05, 0.1) is 0 Å². The highest BCUT2D eigenvalue weighted by atomic mass is 19.1. The van der Waals surface area contributed by atoms with Gasteiger partial charge in [0.2, 0.25) is 0 Å². The molecule has 1 rings (SSSR count). The number of anilines is 1. The topological polar surface area (TPSA) is 47.3 Å². The minimum atomic E-state index is -0.420. The van der Waals surface area contributed by atoms with Crippen LogP contribution in [0.5, 0.6) is 5.75 Å². The van der Waals surface area contributed by atoms with Gasteiger partial charge in [-0.05, 0) is 19.2 Å². The van der Waals surface area contributed by atoms with Crippen LogP contribution in [0.1, 0.15) is 0 Å². The van der Waals surface area contributed by atoms with Crippen LogP contribution >= 0.6 is 0 Å². The van der Waals surface area contributed by atoms with Crippen LogP contribution in [0.25, 0.3) is 0 Å². The Labute approximate surface area is 76.7 Å². The second kappa shape index (κ2) is 4.67. The third-order valence-electron chi connectivity index (χ3n) is 1.57. The van der Waals surface area contributed by atoms with Gasteiger partial charge in [-0.15, -0.1) is 0 Å². The largest absolute Gasteiger partial charge is 0.489 e. The van der Waals surface area contributed by atoms with Gasteiger partial charge >= 0.3 is 0 Å². The van der Waals surface area contributed by atoms with E-state index >= 15 is 0 Å². The molecule has 0 atom stereocenters. The zero-order valence-electron chi connectivity index (χ0n) is 7.51. The minimum Gasteiger partial charge on any atom is -0.489 e. The van der Waals surface area contributed by atoms with Crippen molar-refractivity contribution in [3.63, 3.8) is 0 Å². The van der Waals surface area contributed by atoms with Crippen molar-refractivity contribution >= 4 is 5.69 Å². The maximum atomic E-state index is 13.1. The molecule has 0 radical (unpaired) electrons. The Morgan fingerprint density at radius 1 is 1.54 bits per heavy atom. The molecule has 0 aliphatic carbocycles. The lowest BCUT2D eigenvalue weighted by Crippen LogP contribution is -2.16. The summed E-state index contributed by atoms with van der Waals surface area (Å²) in [4.78, 5) is 0. The van der Waals surface area contributed by atoms with Crippen LogP contribution in [0.3, 0.4) is 0 Å². The summed E-state index contributed by atoms with van der Waals surface area (Å²) in [6, 6.07) is 4.38. The van der Waals surface area contributed by atoms with Crippen LogP contribution < -0.4 is 15.8 Å². The first-order valence-electron chi connectivity index (χ1n) is 4.06. The average molecular weight is 184 g/mol. The molecule has 0 amide bonds. The highest BCUT2D eigenvalue weighted by Crippen LogP contribution is 2.18. The fourth-order valence-electron chi connectivity index (χ4n) is 0.897. The molecule has 0 aliphatic rings. The molecular formula is C9H13FN2O. The number of hydrogen-bond acceptors (Lipinski definition) is 3. The van der Waals surface area contributed by atoms with Crippen LogP contribution in [0.4, 0.5) is 10.1 Å². The first-order valence-corrected chi connectivity index (χ1v) is 4.06. The predicted octanol–water partition coefficient (Wildman–Crippen LogP) is 1.01. The average Bonchev–Trinajstić information content (AvgIpc) is 2.09. The number of hydrogen-bond donors (Lipinski definition) is 2. The normalized spacial score (nSPS) is 10.0. The molecule has 0 saturated carbocycles. The first-order chi connectivity index (χ1) is 6.24. The predicted molar refractivity (Wildman–Crippen MR) is 50.2 cm³/mol. The zero-order chi connectivity index (χ0) is 9.68. The number of halogens is 1. The van der Waals surface area contributed by atoms with Crippen molar-refractivity contribution in [1.82, 2.24) is 5.32 Å². The fraction of sp³-hybridized carbons (Fsp3) is 0.333. The number of rotatable bonds is 4. The van der Waals surface area contributed by atoms with Crippen molar-refractivity contribution in [3.05, 3.63) is 24.0 Å². The summed E-state index contributed by atoms with van der Waals surface area (Å²) in [5.74, 6) is -0.180. The van der Waals surface area contributed by atoms with Crippen LogP contribution in [-0.2, 0) is 0 Å². The van der Waals surface area contributed by atoms with E-state index in [2.05, 4.69) is 5.32 Å². The van der Waals surface area contributed by atoms with Crippen molar-refractivity contribution < 1.29 is 9.13 Å². The van der Waals surface area contributed by atoms with Crippen LogP contribution in [0, 0.1) is 5.82 Å². The van der Waals surface area contributed by atoms with E-state index in [-0.39, 0.29) is 5.75 Å². The lowest BCUT2D eigenvalue weighted by Gasteiger charge is -2.06. The number of nitrogen functional groups attached to an aromatic ring is 1. The maximum Gasteiger partial charge on any atom is 0.167 e. The van der Waals surface area contributed by atoms with Crippen LogP contribution in [-0.4, -0.2) is 20.2 Å². The molecule has 4 heteroatoms. The van der Waals surface area contributed by atoms with E-state index in [1.165, 1.54) is 12.1 Å². The Kier molecular flexibility index (Phi) is 3.52. The van der Waals surface area contributed by atoms with Gasteiger partial charge in [0.15, 0.2) is 11.6 Å². The summed E-state index contributed by atoms with van der Waals surface area (Å²) in [6.45, 7) is 1.13. The van der Waals surface area contributed by atoms with Crippen LogP contribution in [0.2, 0.25) is 0 Å². The molecule has 0 spiro atoms. The van der Waals surface area contributed by atoms with Crippen molar-refractivity contribution in [1.29, 1.82) is 0 Å². The van der Waals surface area contributed by atoms with Gasteiger partial charge in [0.25, 0.3) is 0 Å². The Bertz CT molecular complexity index is 278. The van der Waals surface area contributed by atoms with Gasteiger partial charge in [0.1, 0.15) is 6.61 Å². The van der Waals surface area contributed by atoms with E-state index in [1.807, 2.05) is 7.05 Å². The number of benzene rings is 1. The molecule has 0 bridgehead atoms. The third-order valence-corrected chi connectivity index (χ3v) is 1.57. The van der Waals surface area contributed by atoms with Gasteiger partial charge < -0.3 is 15.8 Å². The standard InChI is InChI=1S/C9H13FN2O/c1-12-4-5-13-9-3-2-7(11)6-8(9)10/h2-3,6,12H,4-5,11H2,1H3. The second-order valence-electron chi connectivity index (χ2n) is 2.64. The molecule has 1 aromatic carbocycles. The summed E-state index contributed by atoms with van der Waals surface area (Å²) >= 11 is 0. The quantitative estimate of drug-likeness (QED) is 0.542. The van der Waals surface area contributed by atoms with Crippen LogP contribution in [0.15, 0.2) is 18.2 Å². The molecule has 13 heavy (non-hydrogen) atoms. The van der Waals surface area contributed by atoms with Crippen molar-refractivity contribution in [3.8, 4) is 5.75 Å². The molecule has 3 nitrogen and oxygen atoms in total. The van der Waals surface area contributed by atoms with Gasteiger partial charge in [0, 0.05) is 18.3 Å². The molecule has 0 fully saturated rings. The summed E-state index contributed by atoms with van der Waals surface area (Å²) in [5, 5.41) is 2.90. The van der Waals surface area contributed by atoms with Crippen molar-refractivity contribution in [2.24, 2.45) is 0 Å². The number of nitrogens with one attached hydrogen (secondary N) is 1.